The molecule has 2 aromatic rings. The van der Waals surface area contributed by atoms with E-state index in [2.05, 4.69) is 39.9 Å². The summed E-state index contributed by atoms with van der Waals surface area (Å²) in [6, 6.07) is 10.5. The Balaban J connectivity index is 1.55. The van der Waals surface area contributed by atoms with E-state index in [1.807, 2.05) is 19.2 Å². The Morgan fingerprint density at radius 1 is 1.33 bits per heavy atom. The molecule has 1 amide bonds. The van der Waals surface area contributed by atoms with Crippen LogP contribution >= 0.6 is 0 Å². The van der Waals surface area contributed by atoms with E-state index in [0.717, 1.165) is 36.7 Å². The largest absolute Gasteiger partial charge is 0.352 e. The molecule has 1 fully saturated rings. The first-order chi connectivity index (χ1) is 10.2. The SMILES string of the molecule is CC(NCCc1cccc2cccnc12)C(=O)NC1CC1. The number of carbonyl (C=O) groups excluding carboxylic acids is 1. The number of rotatable bonds is 6. The molecular weight excluding hydrogens is 262 g/mol. The third kappa shape index (κ3) is 3.58. The number of carbonyl (C=O) groups is 1. The topological polar surface area (TPSA) is 54.0 Å². The van der Waals surface area contributed by atoms with Crippen molar-refractivity contribution in [1.29, 1.82) is 0 Å². The third-order valence-electron chi connectivity index (χ3n) is 3.88. The number of pyridine rings is 1. The van der Waals surface area contributed by atoms with Gasteiger partial charge in [-0.3, -0.25) is 9.78 Å². The van der Waals surface area contributed by atoms with Crippen molar-refractivity contribution in [2.45, 2.75) is 38.3 Å². The molecule has 0 spiro atoms. The number of aromatic nitrogens is 1. The maximum Gasteiger partial charge on any atom is 0.237 e. The van der Waals surface area contributed by atoms with Crippen LogP contribution in [0.3, 0.4) is 0 Å². The van der Waals surface area contributed by atoms with E-state index in [4.69, 9.17) is 0 Å². The molecule has 0 aliphatic heterocycles. The molecule has 1 aromatic heterocycles. The van der Waals surface area contributed by atoms with Gasteiger partial charge < -0.3 is 10.6 Å². The molecule has 1 saturated carbocycles. The Bertz CT molecular complexity index is 631. The zero-order valence-electron chi connectivity index (χ0n) is 12.3. The van der Waals surface area contributed by atoms with Crippen LogP contribution in [0.2, 0.25) is 0 Å². The highest BCUT2D eigenvalue weighted by atomic mass is 16.2. The van der Waals surface area contributed by atoms with Gasteiger partial charge >= 0.3 is 0 Å². The van der Waals surface area contributed by atoms with Crippen molar-refractivity contribution in [3.05, 3.63) is 42.1 Å². The summed E-state index contributed by atoms with van der Waals surface area (Å²) in [5.41, 5.74) is 2.27. The summed E-state index contributed by atoms with van der Waals surface area (Å²) in [7, 11) is 0. The highest BCUT2D eigenvalue weighted by molar-refractivity contribution is 5.82. The van der Waals surface area contributed by atoms with Crippen LogP contribution in [0.5, 0.6) is 0 Å². The van der Waals surface area contributed by atoms with E-state index in [1.165, 1.54) is 5.56 Å². The minimum Gasteiger partial charge on any atom is -0.352 e. The predicted molar refractivity (Wildman–Crippen MR) is 84.1 cm³/mol. The second-order valence-corrected chi connectivity index (χ2v) is 5.70. The van der Waals surface area contributed by atoms with Crippen LogP contribution in [0.15, 0.2) is 36.5 Å². The van der Waals surface area contributed by atoms with E-state index in [9.17, 15) is 4.79 Å². The van der Waals surface area contributed by atoms with Gasteiger partial charge in [0.2, 0.25) is 5.91 Å². The summed E-state index contributed by atoms with van der Waals surface area (Å²) in [6.45, 7) is 2.69. The standard InChI is InChI=1S/C17H21N3O/c1-12(17(21)20-15-7-8-15)18-11-9-14-5-2-4-13-6-3-10-19-16(13)14/h2-6,10,12,15,18H,7-9,11H2,1H3,(H,20,21). The minimum absolute atomic E-state index is 0.105. The maximum absolute atomic E-state index is 11.9. The highest BCUT2D eigenvalue weighted by Crippen LogP contribution is 2.18. The number of hydrogen-bond donors (Lipinski definition) is 2. The van der Waals surface area contributed by atoms with Crippen molar-refractivity contribution in [2.24, 2.45) is 0 Å². The highest BCUT2D eigenvalue weighted by Gasteiger charge is 2.25. The smallest absolute Gasteiger partial charge is 0.237 e. The van der Waals surface area contributed by atoms with Crippen molar-refractivity contribution < 1.29 is 4.79 Å². The lowest BCUT2D eigenvalue weighted by molar-refractivity contribution is -0.122. The van der Waals surface area contributed by atoms with Crippen LogP contribution in [0.1, 0.15) is 25.3 Å². The van der Waals surface area contributed by atoms with Crippen LogP contribution in [0, 0.1) is 0 Å². The fourth-order valence-corrected chi connectivity index (χ4v) is 2.44. The molecule has 1 heterocycles. The summed E-state index contributed by atoms with van der Waals surface area (Å²) in [5, 5.41) is 7.47. The van der Waals surface area contributed by atoms with Crippen LogP contribution in [-0.4, -0.2) is 29.5 Å². The summed E-state index contributed by atoms with van der Waals surface area (Å²) in [4.78, 5) is 16.3. The molecule has 1 unspecified atom stereocenters. The molecule has 0 bridgehead atoms. The normalized spacial score (nSPS) is 15.9. The first kappa shape index (κ1) is 14.0. The van der Waals surface area contributed by atoms with Crippen molar-refractivity contribution in [3.8, 4) is 0 Å². The number of benzene rings is 1. The minimum atomic E-state index is -0.145. The van der Waals surface area contributed by atoms with Gasteiger partial charge in [-0.25, -0.2) is 0 Å². The van der Waals surface area contributed by atoms with E-state index >= 15 is 0 Å². The molecule has 2 N–H and O–H groups in total. The summed E-state index contributed by atoms with van der Waals surface area (Å²) < 4.78 is 0. The Labute approximate surface area is 125 Å². The zero-order chi connectivity index (χ0) is 14.7. The predicted octanol–water partition coefficient (Wildman–Crippen LogP) is 2.03. The lowest BCUT2D eigenvalue weighted by atomic mass is 10.1. The van der Waals surface area contributed by atoms with Gasteiger partial charge in [0.05, 0.1) is 11.6 Å². The fourth-order valence-electron chi connectivity index (χ4n) is 2.44. The number of nitrogens with one attached hydrogen (secondary N) is 2. The van der Waals surface area contributed by atoms with Crippen LogP contribution in [0.4, 0.5) is 0 Å². The maximum atomic E-state index is 11.9. The van der Waals surface area contributed by atoms with Gasteiger partial charge in [0.25, 0.3) is 0 Å². The Morgan fingerprint density at radius 2 is 2.14 bits per heavy atom. The van der Waals surface area contributed by atoms with Crippen LogP contribution in [0.25, 0.3) is 10.9 Å². The quantitative estimate of drug-likeness (QED) is 0.853. The zero-order valence-corrected chi connectivity index (χ0v) is 12.3. The monoisotopic (exact) mass is 283 g/mol. The van der Waals surface area contributed by atoms with Crippen molar-refractivity contribution in [3.63, 3.8) is 0 Å². The average Bonchev–Trinajstić information content (AvgIpc) is 3.31. The fraction of sp³-hybridized carbons (Fsp3) is 0.412. The lowest BCUT2D eigenvalue weighted by Crippen LogP contribution is -2.43. The van der Waals surface area contributed by atoms with Gasteiger partial charge in [0.15, 0.2) is 0 Å². The van der Waals surface area contributed by atoms with E-state index in [-0.39, 0.29) is 11.9 Å². The lowest BCUT2D eigenvalue weighted by Gasteiger charge is -2.14. The molecule has 1 aliphatic carbocycles. The molecule has 4 nitrogen and oxygen atoms in total. The number of fused-ring (bicyclic) bond motifs is 1. The molecule has 110 valence electrons. The Morgan fingerprint density at radius 3 is 2.95 bits per heavy atom. The second kappa shape index (κ2) is 6.22. The van der Waals surface area contributed by atoms with Crippen molar-refractivity contribution >= 4 is 16.8 Å². The van der Waals surface area contributed by atoms with Crippen LogP contribution in [-0.2, 0) is 11.2 Å². The molecule has 21 heavy (non-hydrogen) atoms. The second-order valence-electron chi connectivity index (χ2n) is 5.70. The van der Waals surface area contributed by atoms with E-state index < -0.39 is 0 Å². The van der Waals surface area contributed by atoms with Gasteiger partial charge in [-0.15, -0.1) is 0 Å². The third-order valence-corrected chi connectivity index (χ3v) is 3.88. The van der Waals surface area contributed by atoms with Gasteiger partial charge in [-0.1, -0.05) is 24.3 Å². The summed E-state index contributed by atoms with van der Waals surface area (Å²) >= 11 is 0. The summed E-state index contributed by atoms with van der Waals surface area (Å²) in [5.74, 6) is 0.105. The first-order valence-electron chi connectivity index (χ1n) is 7.60. The molecular formula is C17H21N3O. The van der Waals surface area contributed by atoms with Gasteiger partial charge in [0, 0.05) is 17.6 Å². The number of amides is 1. The van der Waals surface area contributed by atoms with E-state index in [1.54, 1.807) is 0 Å². The first-order valence-corrected chi connectivity index (χ1v) is 7.60. The summed E-state index contributed by atoms with van der Waals surface area (Å²) in [6.07, 6.45) is 4.95. The molecule has 0 radical (unpaired) electrons. The number of para-hydroxylation sites is 1. The van der Waals surface area contributed by atoms with Gasteiger partial charge in [-0.05, 0) is 44.4 Å². The molecule has 1 atom stereocenters. The Kier molecular flexibility index (Phi) is 4.15. The van der Waals surface area contributed by atoms with E-state index in [0.29, 0.717) is 6.04 Å². The molecule has 0 saturated heterocycles. The molecule has 1 aliphatic rings. The number of nitrogens with zero attached hydrogens (tertiary/aromatic N) is 1. The average molecular weight is 283 g/mol. The van der Waals surface area contributed by atoms with Crippen molar-refractivity contribution in [1.82, 2.24) is 15.6 Å². The van der Waals surface area contributed by atoms with Gasteiger partial charge in [-0.2, -0.15) is 0 Å². The van der Waals surface area contributed by atoms with Crippen molar-refractivity contribution in [2.75, 3.05) is 6.54 Å². The molecule has 4 heteroatoms. The van der Waals surface area contributed by atoms with Crippen LogP contribution < -0.4 is 10.6 Å². The molecule has 3 rings (SSSR count). The molecule has 1 aromatic carbocycles. The van der Waals surface area contributed by atoms with Gasteiger partial charge in [0.1, 0.15) is 0 Å². The Hall–Kier alpha value is -1.94. The number of hydrogen-bond acceptors (Lipinski definition) is 3.